The average Bonchev–Trinajstić information content (AvgIpc) is 2.95. The molecule has 1 aromatic carbocycles. The number of nitrogens with one attached hydrogen (secondary N) is 1. The number of nitrogens with two attached hydrogens (primary N) is 1. The molecule has 1 saturated carbocycles. The molecule has 2 fully saturated rings. The molecule has 3 N–H and O–H groups in total. The number of amides is 1. The first-order valence-electron chi connectivity index (χ1n) is 7.16. The van der Waals surface area contributed by atoms with Crippen LogP contribution < -0.4 is 11.1 Å². The summed E-state index contributed by atoms with van der Waals surface area (Å²) in [7, 11) is 0. The fourth-order valence-corrected chi connectivity index (χ4v) is 3.67. The number of nitrogens with zero attached hydrogens (tertiary/aromatic N) is 1. The van der Waals surface area contributed by atoms with Gasteiger partial charge in [-0.1, -0.05) is 23.7 Å². The number of fused-ring (bicyclic) bond motifs is 1. The number of hydrogen-bond donors (Lipinski definition) is 2. The molecule has 1 amide bonds. The Bertz CT molecular complexity index is 511. The molecule has 0 spiro atoms. The summed E-state index contributed by atoms with van der Waals surface area (Å²) in [6.07, 6.45) is 2.34. The zero-order valence-electron chi connectivity index (χ0n) is 11.8. The van der Waals surface area contributed by atoms with Crippen LogP contribution >= 0.6 is 24.0 Å². The molecule has 3 rings (SSSR count). The van der Waals surface area contributed by atoms with Gasteiger partial charge in [-0.2, -0.15) is 0 Å². The van der Waals surface area contributed by atoms with E-state index in [1.54, 1.807) is 6.07 Å². The van der Waals surface area contributed by atoms with Crippen LogP contribution in [-0.2, 0) is 4.79 Å². The van der Waals surface area contributed by atoms with Crippen molar-refractivity contribution < 1.29 is 4.79 Å². The van der Waals surface area contributed by atoms with Crippen molar-refractivity contribution in [2.45, 2.75) is 18.9 Å². The Balaban J connectivity index is 0.00000161. The van der Waals surface area contributed by atoms with Crippen molar-refractivity contribution in [2.75, 3.05) is 25.0 Å². The van der Waals surface area contributed by atoms with Gasteiger partial charge in [-0.25, -0.2) is 0 Å². The monoisotopic (exact) mass is 329 g/mol. The Hall–Kier alpha value is -0.810. The summed E-state index contributed by atoms with van der Waals surface area (Å²) < 4.78 is 0. The SMILES string of the molecule is Cl.NC1CCC2CN(CC(=O)Nc3ccccc3Cl)CC12. The first-order chi connectivity index (χ1) is 9.63. The molecular weight excluding hydrogens is 309 g/mol. The molecule has 1 heterocycles. The van der Waals surface area contributed by atoms with Crippen LogP contribution in [0.2, 0.25) is 5.02 Å². The van der Waals surface area contributed by atoms with Crippen LogP contribution in [0, 0.1) is 11.8 Å². The van der Waals surface area contributed by atoms with E-state index in [4.69, 9.17) is 17.3 Å². The summed E-state index contributed by atoms with van der Waals surface area (Å²) in [5.41, 5.74) is 6.79. The Morgan fingerprint density at radius 1 is 1.33 bits per heavy atom. The molecule has 4 nitrogen and oxygen atoms in total. The van der Waals surface area contributed by atoms with E-state index in [2.05, 4.69) is 10.2 Å². The summed E-state index contributed by atoms with van der Waals surface area (Å²) >= 11 is 6.04. The third kappa shape index (κ3) is 3.69. The maximum absolute atomic E-state index is 12.1. The number of para-hydroxylation sites is 1. The molecule has 116 valence electrons. The summed E-state index contributed by atoms with van der Waals surface area (Å²) in [4.78, 5) is 14.3. The van der Waals surface area contributed by atoms with Crippen molar-refractivity contribution in [3.63, 3.8) is 0 Å². The van der Waals surface area contributed by atoms with Gasteiger partial charge in [-0.3, -0.25) is 9.69 Å². The lowest BCUT2D eigenvalue weighted by atomic mass is 9.98. The molecule has 1 aliphatic heterocycles. The smallest absolute Gasteiger partial charge is 0.238 e. The van der Waals surface area contributed by atoms with Crippen molar-refractivity contribution in [1.29, 1.82) is 0 Å². The minimum absolute atomic E-state index is 0. The summed E-state index contributed by atoms with van der Waals surface area (Å²) in [6.45, 7) is 2.36. The van der Waals surface area contributed by atoms with Crippen molar-refractivity contribution in [3.8, 4) is 0 Å². The van der Waals surface area contributed by atoms with Gasteiger partial charge in [-0.05, 0) is 36.8 Å². The third-order valence-electron chi connectivity index (χ3n) is 4.50. The summed E-state index contributed by atoms with van der Waals surface area (Å²) in [6, 6.07) is 7.62. The van der Waals surface area contributed by atoms with Crippen LogP contribution in [0.1, 0.15) is 12.8 Å². The van der Waals surface area contributed by atoms with Gasteiger partial charge in [0.2, 0.25) is 5.91 Å². The maximum Gasteiger partial charge on any atom is 0.238 e. The Kier molecular flexibility index (Phi) is 5.49. The molecule has 1 aromatic rings. The van der Waals surface area contributed by atoms with Crippen molar-refractivity contribution in [1.82, 2.24) is 4.90 Å². The lowest BCUT2D eigenvalue weighted by Crippen LogP contribution is -2.34. The van der Waals surface area contributed by atoms with Crippen LogP contribution in [-0.4, -0.2) is 36.5 Å². The topological polar surface area (TPSA) is 58.4 Å². The van der Waals surface area contributed by atoms with Gasteiger partial charge >= 0.3 is 0 Å². The fraction of sp³-hybridized carbons (Fsp3) is 0.533. The van der Waals surface area contributed by atoms with Crippen molar-refractivity contribution in [3.05, 3.63) is 29.3 Å². The number of anilines is 1. The molecule has 21 heavy (non-hydrogen) atoms. The number of benzene rings is 1. The molecule has 1 saturated heterocycles. The second-order valence-corrected chi connectivity index (χ2v) is 6.29. The average molecular weight is 330 g/mol. The van der Waals surface area contributed by atoms with E-state index in [0.29, 0.717) is 35.1 Å². The molecular formula is C15H21Cl2N3O. The van der Waals surface area contributed by atoms with E-state index in [-0.39, 0.29) is 18.3 Å². The molecule has 0 bridgehead atoms. The van der Waals surface area contributed by atoms with Gasteiger partial charge in [0.25, 0.3) is 0 Å². The number of rotatable bonds is 3. The molecule has 2 aliphatic rings. The van der Waals surface area contributed by atoms with Gasteiger partial charge in [0.15, 0.2) is 0 Å². The molecule has 0 aromatic heterocycles. The normalized spacial score (nSPS) is 28.0. The van der Waals surface area contributed by atoms with Crippen LogP contribution in [0.15, 0.2) is 24.3 Å². The first-order valence-corrected chi connectivity index (χ1v) is 7.53. The standard InChI is InChI=1S/C15H20ClN3O.ClH/c16-12-3-1-2-4-14(12)18-15(20)9-19-7-10-5-6-13(17)11(10)8-19;/h1-4,10-11,13H,5-9,17H2,(H,18,20);1H. The molecule has 3 unspecified atom stereocenters. The highest BCUT2D eigenvalue weighted by Crippen LogP contribution is 2.36. The van der Waals surface area contributed by atoms with Crippen LogP contribution in [0.25, 0.3) is 0 Å². The zero-order chi connectivity index (χ0) is 14.1. The Morgan fingerprint density at radius 2 is 2.10 bits per heavy atom. The zero-order valence-corrected chi connectivity index (χ0v) is 13.4. The minimum atomic E-state index is -0.00774. The molecule has 3 atom stereocenters. The number of halogens is 2. The fourth-order valence-electron chi connectivity index (χ4n) is 3.48. The van der Waals surface area contributed by atoms with Gasteiger partial charge in [0, 0.05) is 19.1 Å². The molecule has 0 radical (unpaired) electrons. The highest BCUT2D eigenvalue weighted by atomic mass is 35.5. The minimum Gasteiger partial charge on any atom is -0.327 e. The Morgan fingerprint density at radius 3 is 2.81 bits per heavy atom. The lowest BCUT2D eigenvalue weighted by Gasteiger charge is -2.18. The lowest BCUT2D eigenvalue weighted by molar-refractivity contribution is -0.117. The van der Waals surface area contributed by atoms with E-state index >= 15 is 0 Å². The van der Waals surface area contributed by atoms with E-state index in [1.807, 2.05) is 18.2 Å². The van der Waals surface area contributed by atoms with Gasteiger partial charge in [0.1, 0.15) is 0 Å². The molecule has 6 heteroatoms. The highest BCUT2D eigenvalue weighted by Gasteiger charge is 2.41. The van der Waals surface area contributed by atoms with Crippen molar-refractivity contribution in [2.24, 2.45) is 17.6 Å². The predicted molar refractivity (Wildman–Crippen MR) is 88.0 cm³/mol. The summed E-state index contributed by atoms with van der Waals surface area (Å²) in [5, 5.41) is 3.44. The quantitative estimate of drug-likeness (QED) is 0.895. The summed E-state index contributed by atoms with van der Waals surface area (Å²) in [5.74, 6) is 1.24. The Labute approximate surface area is 136 Å². The second kappa shape index (κ2) is 6.97. The molecule has 1 aliphatic carbocycles. The number of carbonyl (C=O) groups is 1. The highest BCUT2D eigenvalue weighted by molar-refractivity contribution is 6.33. The van der Waals surface area contributed by atoms with Crippen LogP contribution in [0.3, 0.4) is 0 Å². The van der Waals surface area contributed by atoms with Gasteiger partial charge in [0.05, 0.1) is 17.3 Å². The largest absolute Gasteiger partial charge is 0.327 e. The maximum atomic E-state index is 12.1. The second-order valence-electron chi connectivity index (χ2n) is 5.89. The number of hydrogen-bond acceptors (Lipinski definition) is 3. The third-order valence-corrected chi connectivity index (χ3v) is 4.83. The predicted octanol–water partition coefficient (Wildman–Crippen LogP) is 2.37. The van der Waals surface area contributed by atoms with Gasteiger partial charge < -0.3 is 11.1 Å². The first kappa shape index (κ1) is 16.6. The van der Waals surface area contributed by atoms with Gasteiger partial charge in [-0.15, -0.1) is 12.4 Å². The van der Waals surface area contributed by atoms with E-state index in [0.717, 1.165) is 19.5 Å². The van der Waals surface area contributed by atoms with E-state index in [9.17, 15) is 4.79 Å². The van der Waals surface area contributed by atoms with Crippen molar-refractivity contribution >= 4 is 35.6 Å². The van der Waals surface area contributed by atoms with Crippen LogP contribution in [0.5, 0.6) is 0 Å². The van der Waals surface area contributed by atoms with E-state index < -0.39 is 0 Å². The van der Waals surface area contributed by atoms with E-state index in [1.165, 1.54) is 6.42 Å². The van der Waals surface area contributed by atoms with Crippen LogP contribution in [0.4, 0.5) is 5.69 Å². The number of carbonyl (C=O) groups excluding carboxylic acids is 1. The number of likely N-dealkylation sites (tertiary alicyclic amines) is 1.